The molecular weight excluding hydrogens is 856 g/mol. The number of hydrogen-bond acceptors (Lipinski definition) is 1. The Kier molecular flexibility index (Phi) is 43.7. The lowest BCUT2D eigenvalue weighted by molar-refractivity contribution is -0.903. The topological polar surface area (TPSA) is 3.24 Å². The number of nitrogens with zero attached hydrogens (tertiary/aromatic N) is 2. The van der Waals surface area contributed by atoms with E-state index in [0.29, 0.717) is 5.88 Å². The summed E-state index contributed by atoms with van der Waals surface area (Å²) in [4.78, 5) is 2.30. The maximum absolute atomic E-state index is 5.73. The van der Waals surface area contributed by atoms with Crippen LogP contribution < -0.4 is 12.4 Å². The van der Waals surface area contributed by atoms with E-state index in [0.717, 1.165) is 11.0 Å². The Morgan fingerprint density at radius 3 is 1.03 bits per heavy atom. The van der Waals surface area contributed by atoms with Gasteiger partial charge in [-0.3, -0.25) is 0 Å². The lowest BCUT2D eigenvalue weighted by atomic mass is 10.0. The fraction of sp³-hybridized carbons (Fsp3) is 0.683. The molecule has 0 heterocycles. The Morgan fingerprint density at radius 2 is 0.687 bits per heavy atom. The van der Waals surface area contributed by atoms with E-state index in [2.05, 4.69) is 120 Å². The largest absolute Gasteiger partial charge is 1.00 e. The lowest BCUT2D eigenvalue weighted by Gasteiger charge is -2.30. The van der Waals surface area contributed by atoms with Crippen molar-refractivity contribution in [2.45, 2.75) is 239 Å². The smallest absolute Gasteiger partial charge is 0.104 e. The van der Waals surface area contributed by atoms with E-state index in [1.165, 1.54) is 251 Å². The number of benzene rings is 4. The zero-order chi connectivity index (χ0) is 46.9. The molecule has 0 N–H and O–H groups in total. The fourth-order valence-corrected chi connectivity index (χ4v) is 9.46. The van der Waals surface area contributed by atoms with Gasteiger partial charge in [0.15, 0.2) is 0 Å². The molecular formula is C63H108Cl2N2. The van der Waals surface area contributed by atoms with Crippen molar-refractivity contribution in [3.63, 3.8) is 0 Å². The summed E-state index contributed by atoms with van der Waals surface area (Å²) >= 11 is 5.73. The Labute approximate surface area is 429 Å². The van der Waals surface area contributed by atoms with Crippen molar-refractivity contribution >= 4 is 33.1 Å². The van der Waals surface area contributed by atoms with E-state index in [1.807, 2.05) is 12.1 Å². The van der Waals surface area contributed by atoms with Crippen LogP contribution in [0.2, 0.25) is 0 Å². The van der Waals surface area contributed by atoms with Crippen LogP contribution in [-0.2, 0) is 12.4 Å². The van der Waals surface area contributed by atoms with Crippen molar-refractivity contribution < 1.29 is 16.9 Å². The molecule has 4 rings (SSSR count). The molecule has 0 aliphatic heterocycles. The van der Waals surface area contributed by atoms with Crippen molar-refractivity contribution in [1.29, 1.82) is 0 Å². The van der Waals surface area contributed by atoms with Gasteiger partial charge in [0.2, 0.25) is 0 Å². The van der Waals surface area contributed by atoms with Crippen LogP contribution in [0.15, 0.2) is 84.9 Å². The molecule has 0 aromatic heterocycles. The normalized spacial score (nSPS) is 11.2. The molecule has 0 aliphatic rings. The van der Waals surface area contributed by atoms with Crippen LogP contribution in [0.25, 0.3) is 21.5 Å². The average molecular weight is 964 g/mol. The van der Waals surface area contributed by atoms with E-state index >= 15 is 0 Å². The molecule has 4 aromatic carbocycles. The third kappa shape index (κ3) is 36.5. The van der Waals surface area contributed by atoms with Gasteiger partial charge in [0, 0.05) is 11.4 Å². The summed E-state index contributed by atoms with van der Waals surface area (Å²) in [7, 11) is 9.12. The van der Waals surface area contributed by atoms with Crippen LogP contribution in [0.1, 0.15) is 238 Å². The van der Waals surface area contributed by atoms with Gasteiger partial charge in [0.25, 0.3) is 0 Å². The van der Waals surface area contributed by atoms with Gasteiger partial charge in [0.05, 0.1) is 20.6 Å². The van der Waals surface area contributed by atoms with Crippen molar-refractivity contribution in [3.05, 3.63) is 96.1 Å². The van der Waals surface area contributed by atoms with Gasteiger partial charge in [-0.25, -0.2) is 0 Å². The van der Waals surface area contributed by atoms with E-state index in [1.54, 1.807) is 0 Å². The first kappa shape index (κ1) is 64.9. The van der Waals surface area contributed by atoms with E-state index in [9.17, 15) is 0 Å². The highest BCUT2D eigenvalue weighted by atomic mass is 35.5. The molecule has 0 fully saturated rings. The van der Waals surface area contributed by atoms with E-state index in [-0.39, 0.29) is 19.8 Å². The number of quaternary nitrogens is 1. The van der Waals surface area contributed by atoms with Gasteiger partial charge < -0.3 is 21.8 Å². The van der Waals surface area contributed by atoms with Gasteiger partial charge in [-0.1, -0.05) is 280 Å². The number of halogens is 2. The number of unbranched alkanes of at least 4 members (excludes halogenated alkanes) is 30. The number of hydrogen-bond donors (Lipinski definition) is 0. The molecule has 0 saturated carbocycles. The fourth-order valence-electron chi connectivity index (χ4n) is 9.30. The Hall–Kier alpha value is -2.10. The molecule has 0 atom stereocenters. The Balaban J connectivity index is 0.00000107. The van der Waals surface area contributed by atoms with Crippen LogP contribution in [0.5, 0.6) is 0 Å². The third-order valence-electron chi connectivity index (χ3n) is 13.5. The predicted molar refractivity (Wildman–Crippen MR) is 303 cm³/mol. The highest BCUT2D eigenvalue weighted by Crippen LogP contribution is 2.21. The van der Waals surface area contributed by atoms with Gasteiger partial charge in [-0.2, -0.15) is 0 Å². The standard InChI is InChI=1S/C31H52N.C20H43N.C11H9Cl.CH4.ClH/c1-4-5-6-7-8-9-10-11-12-13-14-15-16-17-18-21-26-32(2,3)28-29-24-25-30-22-19-20-23-31(30)27-29;1-4-5-6-7-8-9-10-11-12-13-14-15-16-17-18-19-20-21(2)3;12-8-9-5-6-10-3-1-2-4-11(10)7-9;;/h19-20,22-25,27H,4-18,21,26,28H2,1-3H3;4-20H2,1-3H3;1-7H,8H2;1H4;1H/q+1;;;;/p-1. The summed E-state index contributed by atoms with van der Waals surface area (Å²) < 4.78 is 1.09. The number of fused-ring (bicyclic) bond motifs is 2. The van der Waals surface area contributed by atoms with Crippen molar-refractivity contribution in [1.82, 2.24) is 4.90 Å². The van der Waals surface area contributed by atoms with Crippen LogP contribution in [0.3, 0.4) is 0 Å². The van der Waals surface area contributed by atoms with Gasteiger partial charge in [-0.15, -0.1) is 11.6 Å². The monoisotopic (exact) mass is 963 g/mol. The first-order valence-corrected chi connectivity index (χ1v) is 28.3. The van der Waals surface area contributed by atoms with Crippen molar-refractivity contribution in [3.8, 4) is 0 Å². The zero-order valence-electron chi connectivity index (χ0n) is 44.2. The molecule has 67 heavy (non-hydrogen) atoms. The summed E-state index contributed by atoms with van der Waals surface area (Å²) in [5, 5.41) is 5.24. The maximum atomic E-state index is 5.73. The van der Waals surface area contributed by atoms with Crippen molar-refractivity contribution in [2.24, 2.45) is 0 Å². The molecule has 0 saturated heterocycles. The van der Waals surface area contributed by atoms with E-state index in [4.69, 9.17) is 11.6 Å². The molecule has 0 unspecified atom stereocenters. The minimum absolute atomic E-state index is 0. The minimum Gasteiger partial charge on any atom is -1.00 e. The molecule has 384 valence electrons. The van der Waals surface area contributed by atoms with Gasteiger partial charge >= 0.3 is 0 Å². The van der Waals surface area contributed by atoms with Crippen LogP contribution in [0, 0.1) is 0 Å². The SMILES string of the molecule is C.CCCCCCCCCCCCCCCCCCN(C)C.CCCCCCCCCCCCCCCCCC[N+](C)(C)Cc1ccc2ccccc2c1.ClCc1ccc2ccccc2c1.[Cl-]. The summed E-state index contributed by atoms with van der Waals surface area (Å²) in [5.74, 6) is 0.588. The predicted octanol–water partition coefficient (Wildman–Crippen LogP) is 17.7. The quantitative estimate of drug-likeness (QED) is 0.0247. The highest BCUT2D eigenvalue weighted by Gasteiger charge is 2.15. The van der Waals surface area contributed by atoms with Crippen LogP contribution in [-0.4, -0.2) is 50.7 Å². The zero-order valence-corrected chi connectivity index (χ0v) is 45.7. The third-order valence-corrected chi connectivity index (χ3v) is 13.8. The summed E-state index contributed by atoms with van der Waals surface area (Å²) in [6.07, 6.45) is 46.4. The second-order valence-electron chi connectivity index (χ2n) is 20.7. The van der Waals surface area contributed by atoms with Crippen molar-refractivity contribution in [2.75, 3.05) is 41.3 Å². The number of rotatable bonds is 37. The van der Waals surface area contributed by atoms with Gasteiger partial charge in [0.1, 0.15) is 6.54 Å². The second-order valence-corrected chi connectivity index (χ2v) is 21.0. The summed E-state index contributed by atoms with van der Waals surface area (Å²) in [6, 6.07) is 30.3. The van der Waals surface area contributed by atoms with E-state index < -0.39 is 0 Å². The maximum Gasteiger partial charge on any atom is 0.104 e. The average Bonchev–Trinajstić information content (AvgIpc) is 3.31. The minimum atomic E-state index is 0. The molecule has 0 bridgehead atoms. The Bertz CT molecular complexity index is 1650. The molecule has 0 aliphatic carbocycles. The number of alkyl halides is 1. The molecule has 0 radical (unpaired) electrons. The van der Waals surface area contributed by atoms with Gasteiger partial charge in [-0.05, 0) is 79.1 Å². The van der Waals surface area contributed by atoms with Crippen LogP contribution >= 0.6 is 11.6 Å². The molecule has 2 nitrogen and oxygen atoms in total. The first-order valence-electron chi connectivity index (χ1n) is 27.8. The first-order chi connectivity index (χ1) is 31.8. The molecule has 4 heteroatoms. The second kappa shape index (κ2) is 45.1. The van der Waals surface area contributed by atoms with Crippen LogP contribution in [0.4, 0.5) is 0 Å². The summed E-state index contributed by atoms with van der Waals surface area (Å²) in [5.41, 5.74) is 2.64. The molecule has 0 amide bonds. The molecule has 0 spiro atoms. The summed E-state index contributed by atoms with van der Waals surface area (Å²) in [6.45, 7) is 8.27. The Morgan fingerprint density at radius 1 is 0.388 bits per heavy atom. The highest BCUT2D eigenvalue weighted by molar-refractivity contribution is 6.17. The molecule has 4 aromatic rings. The lowest BCUT2D eigenvalue weighted by Crippen LogP contribution is -3.00.